The van der Waals surface area contributed by atoms with Gasteiger partial charge in [-0.3, -0.25) is 4.79 Å². The number of amides is 1. The molecule has 1 fully saturated rings. The molecule has 0 unspecified atom stereocenters. The third-order valence-corrected chi connectivity index (χ3v) is 6.10. The number of hydrogen-bond acceptors (Lipinski definition) is 8. The van der Waals surface area contributed by atoms with Crippen LogP contribution in [-0.2, 0) is 13.1 Å². The number of tetrazole rings is 1. The molecule has 1 aliphatic carbocycles. The number of ether oxygens (including phenoxy) is 1. The van der Waals surface area contributed by atoms with Gasteiger partial charge < -0.3 is 14.5 Å². The second-order valence-corrected chi connectivity index (χ2v) is 8.90. The number of carbonyl (C=O) groups is 1. The summed E-state index contributed by atoms with van der Waals surface area (Å²) in [5.41, 5.74) is 2.34. The van der Waals surface area contributed by atoms with Crippen LogP contribution < -0.4 is 10.1 Å². The van der Waals surface area contributed by atoms with Gasteiger partial charge in [0.2, 0.25) is 0 Å². The number of carbonyl (C=O) groups excluding carboxylic acids is 1. The molecule has 200 valence electrons. The van der Waals surface area contributed by atoms with Gasteiger partial charge >= 0.3 is 6.36 Å². The number of aromatic nitrogens is 9. The van der Waals surface area contributed by atoms with Crippen molar-refractivity contribution < 1.29 is 27.1 Å². The average molecular weight is 542 g/mol. The van der Waals surface area contributed by atoms with E-state index in [2.05, 4.69) is 53.1 Å². The minimum atomic E-state index is -5.11. The smallest absolute Gasteiger partial charge is 0.403 e. The SMILES string of the molecule is O=C(NCc1c(-n2cnnn2)ccc(OC(F)(F)F)c1F)c1cn(Cc2cn3cc(C4CC4)ccc3n2)nn1. The predicted octanol–water partition coefficient (Wildman–Crippen LogP) is 2.79. The Labute approximate surface area is 216 Å². The van der Waals surface area contributed by atoms with E-state index in [0.29, 0.717) is 11.6 Å². The van der Waals surface area contributed by atoms with Crippen molar-refractivity contribution in [3.63, 3.8) is 0 Å². The molecular formula is C23H18F4N10O2. The molecule has 1 amide bonds. The number of fused-ring (bicyclic) bond motifs is 1. The number of halogens is 4. The largest absolute Gasteiger partial charge is 0.573 e. The Hall–Kier alpha value is -4.89. The second-order valence-electron chi connectivity index (χ2n) is 8.90. The molecule has 1 aliphatic rings. The van der Waals surface area contributed by atoms with Gasteiger partial charge in [0.05, 0.1) is 24.1 Å². The van der Waals surface area contributed by atoms with Crippen molar-refractivity contribution in [1.29, 1.82) is 0 Å². The Kier molecular flexibility index (Phi) is 5.92. The Morgan fingerprint density at radius 1 is 1.10 bits per heavy atom. The summed E-state index contributed by atoms with van der Waals surface area (Å²) in [4.78, 5) is 17.3. The summed E-state index contributed by atoms with van der Waals surface area (Å²) in [6.07, 6.45) is 3.71. The molecule has 1 aromatic carbocycles. The predicted molar refractivity (Wildman–Crippen MR) is 123 cm³/mol. The molecular weight excluding hydrogens is 524 g/mol. The van der Waals surface area contributed by atoms with E-state index < -0.39 is 30.4 Å². The number of nitrogens with one attached hydrogen (secondary N) is 1. The highest BCUT2D eigenvalue weighted by atomic mass is 19.4. The first kappa shape index (κ1) is 24.4. The molecule has 39 heavy (non-hydrogen) atoms. The number of pyridine rings is 1. The summed E-state index contributed by atoms with van der Waals surface area (Å²) in [5, 5.41) is 20.8. The number of rotatable bonds is 8. The molecule has 5 aromatic rings. The van der Waals surface area contributed by atoms with E-state index in [9.17, 15) is 18.0 Å². The summed E-state index contributed by atoms with van der Waals surface area (Å²) in [7, 11) is 0. The molecule has 0 bridgehead atoms. The molecule has 0 radical (unpaired) electrons. The minimum Gasteiger partial charge on any atom is -0.403 e. The fraction of sp³-hybridized carbons (Fsp3) is 0.261. The summed E-state index contributed by atoms with van der Waals surface area (Å²) in [5.74, 6) is -2.52. The maximum atomic E-state index is 15.0. The maximum absolute atomic E-state index is 15.0. The van der Waals surface area contributed by atoms with Gasteiger partial charge in [-0.2, -0.15) is 0 Å². The van der Waals surface area contributed by atoms with E-state index in [1.165, 1.54) is 29.3 Å². The molecule has 1 N–H and O–H groups in total. The van der Waals surface area contributed by atoms with Crippen LogP contribution in [0.2, 0.25) is 0 Å². The van der Waals surface area contributed by atoms with E-state index >= 15 is 4.39 Å². The van der Waals surface area contributed by atoms with Gasteiger partial charge in [0, 0.05) is 24.5 Å². The Morgan fingerprint density at radius 2 is 1.95 bits per heavy atom. The minimum absolute atomic E-state index is 0.00710. The molecule has 4 aromatic heterocycles. The van der Waals surface area contributed by atoms with Crippen LogP contribution in [-0.4, -0.2) is 56.9 Å². The number of alkyl halides is 3. The van der Waals surface area contributed by atoms with Crippen LogP contribution in [0.25, 0.3) is 11.3 Å². The van der Waals surface area contributed by atoms with Crippen LogP contribution in [0.1, 0.15) is 46.1 Å². The molecule has 4 heterocycles. The highest BCUT2D eigenvalue weighted by molar-refractivity contribution is 5.91. The first-order chi connectivity index (χ1) is 18.7. The second kappa shape index (κ2) is 9.45. The van der Waals surface area contributed by atoms with Gasteiger partial charge in [0.1, 0.15) is 12.0 Å². The molecule has 0 atom stereocenters. The van der Waals surface area contributed by atoms with Crippen LogP contribution in [0.15, 0.2) is 49.2 Å². The van der Waals surface area contributed by atoms with Gasteiger partial charge in [0.15, 0.2) is 17.3 Å². The monoisotopic (exact) mass is 542 g/mol. The van der Waals surface area contributed by atoms with Crippen LogP contribution in [0, 0.1) is 5.82 Å². The number of nitrogens with zero attached hydrogens (tertiary/aromatic N) is 9. The maximum Gasteiger partial charge on any atom is 0.573 e. The molecule has 6 rings (SSSR count). The van der Waals surface area contributed by atoms with Crippen molar-refractivity contribution >= 4 is 11.6 Å². The highest BCUT2D eigenvalue weighted by Crippen LogP contribution is 2.39. The van der Waals surface area contributed by atoms with Gasteiger partial charge in [-0.1, -0.05) is 11.3 Å². The first-order valence-electron chi connectivity index (χ1n) is 11.7. The Balaban J connectivity index is 1.17. The zero-order chi connectivity index (χ0) is 27.1. The summed E-state index contributed by atoms with van der Waals surface area (Å²) in [6.45, 7) is -0.271. The fourth-order valence-electron chi connectivity index (χ4n) is 4.15. The normalized spacial score (nSPS) is 13.6. The topological polar surface area (TPSA) is 130 Å². The number of hydrogen-bond donors (Lipinski definition) is 1. The van der Waals surface area contributed by atoms with Crippen molar-refractivity contribution in [1.82, 2.24) is 49.9 Å². The van der Waals surface area contributed by atoms with Crippen LogP contribution in [0.3, 0.4) is 0 Å². The van der Waals surface area contributed by atoms with Gasteiger partial charge in [-0.15, -0.1) is 23.4 Å². The van der Waals surface area contributed by atoms with Crippen LogP contribution in [0.5, 0.6) is 5.75 Å². The van der Waals surface area contributed by atoms with E-state index in [-0.39, 0.29) is 23.5 Å². The zero-order valence-corrected chi connectivity index (χ0v) is 19.9. The third kappa shape index (κ3) is 5.25. The van der Waals surface area contributed by atoms with E-state index in [1.807, 2.05) is 16.7 Å². The Bertz CT molecular complexity index is 1660. The zero-order valence-electron chi connectivity index (χ0n) is 19.9. The van der Waals surface area contributed by atoms with E-state index in [0.717, 1.165) is 28.8 Å². The summed E-state index contributed by atoms with van der Waals surface area (Å²) in [6, 6.07) is 5.96. The van der Waals surface area contributed by atoms with Gasteiger partial charge in [-0.05, 0) is 52.9 Å². The lowest BCUT2D eigenvalue weighted by atomic mass is 10.1. The van der Waals surface area contributed by atoms with Crippen LogP contribution in [0.4, 0.5) is 17.6 Å². The van der Waals surface area contributed by atoms with Gasteiger partial charge in [-0.25, -0.2) is 18.7 Å². The molecule has 12 nitrogen and oxygen atoms in total. The van der Waals surface area contributed by atoms with Crippen molar-refractivity contribution in [2.45, 2.75) is 38.2 Å². The molecule has 0 spiro atoms. The van der Waals surface area contributed by atoms with Crippen molar-refractivity contribution in [2.24, 2.45) is 0 Å². The highest BCUT2D eigenvalue weighted by Gasteiger charge is 2.33. The lowest BCUT2D eigenvalue weighted by molar-refractivity contribution is -0.275. The molecule has 1 saturated carbocycles. The number of benzene rings is 1. The quantitative estimate of drug-likeness (QED) is 0.297. The fourth-order valence-corrected chi connectivity index (χ4v) is 4.15. The van der Waals surface area contributed by atoms with Crippen LogP contribution >= 0.6 is 0 Å². The molecule has 16 heteroatoms. The molecule has 0 aliphatic heterocycles. The standard InChI is InChI=1S/C23H18F4N10O2/c24-21-16(18(37-12-29-32-34-37)4-5-19(21)39-23(25,26)27)7-28-22(38)17-11-36(33-31-17)10-15-9-35-8-14(13-1-2-13)3-6-20(35)30-15/h3-6,8-9,11-13H,1-2,7,10H2,(H,28,38). The lowest BCUT2D eigenvalue weighted by Gasteiger charge is -2.15. The Morgan fingerprint density at radius 3 is 2.69 bits per heavy atom. The summed E-state index contributed by atoms with van der Waals surface area (Å²) < 4.78 is 61.3. The van der Waals surface area contributed by atoms with Crippen molar-refractivity contribution in [3.8, 4) is 11.4 Å². The van der Waals surface area contributed by atoms with Crippen molar-refractivity contribution in [3.05, 3.63) is 77.5 Å². The van der Waals surface area contributed by atoms with E-state index in [1.54, 1.807) is 0 Å². The third-order valence-electron chi connectivity index (χ3n) is 6.10. The number of imidazole rings is 1. The average Bonchev–Trinajstić information content (AvgIpc) is 3.26. The van der Waals surface area contributed by atoms with E-state index in [4.69, 9.17) is 0 Å². The van der Waals surface area contributed by atoms with Gasteiger partial charge in [0.25, 0.3) is 5.91 Å². The summed E-state index contributed by atoms with van der Waals surface area (Å²) >= 11 is 0. The first-order valence-corrected chi connectivity index (χ1v) is 11.7. The lowest BCUT2D eigenvalue weighted by Crippen LogP contribution is -2.25. The molecule has 0 saturated heterocycles. The van der Waals surface area contributed by atoms with Crippen molar-refractivity contribution in [2.75, 3.05) is 0 Å².